The zero-order valence-electron chi connectivity index (χ0n) is 19.6. The second-order valence-electron chi connectivity index (χ2n) is 7.87. The minimum absolute atomic E-state index is 0.109. The number of benzene rings is 4. The van der Waals surface area contributed by atoms with Crippen LogP contribution in [0.2, 0.25) is 0 Å². The third kappa shape index (κ3) is 5.79. The fraction of sp³-hybridized carbons (Fsp3) is 0.0714. The van der Waals surface area contributed by atoms with E-state index in [0.29, 0.717) is 17.9 Å². The van der Waals surface area contributed by atoms with Gasteiger partial charge in [-0.2, -0.15) is 0 Å². The van der Waals surface area contributed by atoms with Crippen LogP contribution in [0, 0.1) is 0 Å². The topological polar surface area (TPSA) is 78.5 Å². The Kier molecular flexibility index (Phi) is 7.77. The van der Waals surface area contributed by atoms with Crippen molar-refractivity contribution >= 4 is 61.5 Å². The molecule has 0 radical (unpaired) electrons. The van der Waals surface area contributed by atoms with E-state index in [-0.39, 0.29) is 15.9 Å². The Morgan fingerprint density at radius 3 is 2.28 bits per heavy atom. The number of hydrogen-bond acceptors (Lipinski definition) is 4. The molecule has 0 fully saturated rings. The summed E-state index contributed by atoms with van der Waals surface area (Å²) >= 11 is 5.25. The highest BCUT2D eigenvalue weighted by Gasteiger charge is 2.23. The molecule has 0 spiro atoms. The molecule has 182 valence electrons. The largest absolute Gasteiger partial charge is 0.332 e. The Balaban J connectivity index is 1.39. The number of carbonyl (C=O) groups excluding carboxylic acids is 1. The molecule has 0 aliphatic heterocycles. The van der Waals surface area contributed by atoms with E-state index in [1.165, 1.54) is 22.5 Å². The van der Waals surface area contributed by atoms with Gasteiger partial charge in [0.15, 0.2) is 5.11 Å². The van der Waals surface area contributed by atoms with Gasteiger partial charge in [-0.3, -0.25) is 14.4 Å². The molecule has 0 bridgehead atoms. The number of nitrogens with one attached hydrogen (secondary N) is 2. The predicted molar refractivity (Wildman–Crippen MR) is 150 cm³/mol. The van der Waals surface area contributed by atoms with E-state index in [1.54, 1.807) is 49.4 Å². The average molecular weight is 516 g/mol. The average Bonchev–Trinajstić information content (AvgIpc) is 2.88. The van der Waals surface area contributed by atoms with Gasteiger partial charge >= 0.3 is 0 Å². The lowest BCUT2D eigenvalue weighted by Gasteiger charge is -2.23. The zero-order chi connectivity index (χ0) is 25.5. The molecule has 0 aromatic heterocycles. The molecular weight excluding hydrogens is 490 g/mol. The molecule has 0 heterocycles. The fourth-order valence-electron chi connectivity index (χ4n) is 3.80. The van der Waals surface area contributed by atoms with E-state index in [9.17, 15) is 13.2 Å². The highest BCUT2D eigenvalue weighted by Crippen LogP contribution is 2.24. The van der Waals surface area contributed by atoms with E-state index in [0.717, 1.165) is 16.3 Å². The quantitative estimate of drug-likeness (QED) is 0.248. The molecule has 36 heavy (non-hydrogen) atoms. The first kappa shape index (κ1) is 25.1. The summed E-state index contributed by atoms with van der Waals surface area (Å²) in [6, 6.07) is 29.0. The number of para-hydroxylation sites is 1. The van der Waals surface area contributed by atoms with Crippen molar-refractivity contribution in [2.24, 2.45) is 0 Å². The second kappa shape index (κ2) is 11.2. The number of fused-ring (bicyclic) bond motifs is 1. The van der Waals surface area contributed by atoms with Gasteiger partial charge < -0.3 is 5.32 Å². The standard InChI is InChI=1S/C28H25N3O3S2/c1-2-31(24-12-4-3-5-13-24)36(33,34)25-18-16-23(17-19-25)29-28(35)30-27(32)20-15-22-11-8-10-21-9-6-7-14-26(21)22/h3-20H,2H2,1H3,(H2,29,30,32,35). The van der Waals surface area contributed by atoms with Gasteiger partial charge in [-0.25, -0.2) is 8.42 Å². The van der Waals surface area contributed by atoms with Gasteiger partial charge in [-0.05, 0) is 78.0 Å². The smallest absolute Gasteiger partial charge is 0.264 e. The SMILES string of the molecule is CCN(c1ccccc1)S(=O)(=O)c1ccc(NC(=S)NC(=O)C=Cc2cccc3ccccc23)cc1. The summed E-state index contributed by atoms with van der Waals surface area (Å²) in [6.45, 7) is 2.09. The number of thiocarbonyl (C=S) groups is 1. The summed E-state index contributed by atoms with van der Waals surface area (Å²) in [6.07, 6.45) is 3.17. The molecule has 4 aromatic carbocycles. The van der Waals surface area contributed by atoms with Crippen LogP contribution in [0.1, 0.15) is 12.5 Å². The van der Waals surface area contributed by atoms with E-state index in [4.69, 9.17) is 12.2 Å². The van der Waals surface area contributed by atoms with Gasteiger partial charge in [-0.15, -0.1) is 0 Å². The summed E-state index contributed by atoms with van der Waals surface area (Å²) in [5.41, 5.74) is 2.08. The maximum atomic E-state index is 13.1. The number of anilines is 2. The molecule has 0 atom stereocenters. The van der Waals surface area contributed by atoms with E-state index in [2.05, 4.69) is 10.6 Å². The van der Waals surface area contributed by atoms with Crippen LogP contribution < -0.4 is 14.9 Å². The van der Waals surface area contributed by atoms with Crippen LogP contribution >= 0.6 is 12.2 Å². The van der Waals surface area contributed by atoms with Crippen molar-refractivity contribution in [2.45, 2.75) is 11.8 Å². The molecule has 0 aliphatic carbocycles. The summed E-state index contributed by atoms with van der Waals surface area (Å²) < 4.78 is 27.6. The van der Waals surface area contributed by atoms with Crippen molar-refractivity contribution in [1.29, 1.82) is 0 Å². The van der Waals surface area contributed by atoms with Crippen molar-refractivity contribution in [2.75, 3.05) is 16.2 Å². The molecule has 0 saturated carbocycles. The molecule has 0 aliphatic rings. The summed E-state index contributed by atoms with van der Waals surface area (Å²) in [4.78, 5) is 12.5. The number of hydrogen-bond donors (Lipinski definition) is 2. The Morgan fingerprint density at radius 2 is 1.56 bits per heavy atom. The molecule has 6 nitrogen and oxygen atoms in total. The Labute approximate surface area is 216 Å². The lowest BCUT2D eigenvalue weighted by Crippen LogP contribution is -2.33. The van der Waals surface area contributed by atoms with E-state index < -0.39 is 10.0 Å². The van der Waals surface area contributed by atoms with Crippen molar-refractivity contribution in [3.05, 3.63) is 109 Å². The van der Waals surface area contributed by atoms with Crippen molar-refractivity contribution in [3.63, 3.8) is 0 Å². The van der Waals surface area contributed by atoms with E-state index >= 15 is 0 Å². The minimum atomic E-state index is -3.72. The minimum Gasteiger partial charge on any atom is -0.332 e. The number of carbonyl (C=O) groups is 1. The third-order valence-electron chi connectivity index (χ3n) is 5.51. The van der Waals surface area contributed by atoms with Gasteiger partial charge in [-0.1, -0.05) is 60.7 Å². The molecular formula is C28H25N3O3S2. The van der Waals surface area contributed by atoms with Crippen LogP contribution in [0.3, 0.4) is 0 Å². The fourth-order valence-corrected chi connectivity index (χ4v) is 5.49. The molecule has 2 N–H and O–H groups in total. The molecule has 0 saturated heterocycles. The van der Waals surface area contributed by atoms with Gasteiger partial charge in [0.25, 0.3) is 10.0 Å². The molecule has 8 heteroatoms. The van der Waals surface area contributed by atoms with Crippen molar-refractivity contribution in [1.82, 2.24) is 5.32 Å². The Bertz CT molecular complexity index is 1510. The highest BCUT2D eigenvalue weighted by molar-refractivity contribution is 7.92. The second-order valence-corrected chi connectivity index (χ2v) is 10.1. The zero-order valence-corrected chi connectivity index (χ0v) is 21.2. The maximum absolute atomic E-state index is 13.1. The first-order chi connectivity index (χ1) is 17.4. The highest BCUT2D eigenvalue weighted by atomic mass is 32.2. The van der Waals surface area contributed by atoms with Crippen LogP contribution in [0.4, 0.5) is 11.4 Å². The van der Waals surface area contributed by atoms with Crippen molar-refractivity contribution in [3.8, 4) is 0 Å². The van der Waals surface area contributed by atoms with Crippen LogP contribution in [0.5, 0.6) is 0 Å². The predicted octanol–water partition coefficient (Wildman–Crippen LogP) is 5.58. The van der Waals surface area contributed by atoms with Gasteiger partial charge in [0.2, 0.25) is 5.91 Å². The van der Waals surface area contributed by atoms with Crippen LogP contribution in [-0.4, -0.2) is 26.0 Å². The van der Waals surface area contributed by atoms with Crippen molar-refractivity contribution < 1.29 is 13.2 Å². The van der Waals surface area contributed by atoms with Gasteiger partial charge in [0, 0.05) is 18.3 Å². The number of rotatable bonds is 7. The third-order valence-corrected chi connectivity index (χ3v) is 7.63. The van der Waals surface area contributed by atoms with Crippen LogP contribution in [0.15, 0.2) is 108 Å². The Morgan fingerprint density at radius 1 is 0.889 bits per heavy atom. The molecule has 1 amide bonds. The summed E-state index contributed by atoms with van der Waals surface area (Å²) in [5, 5.41) is 7.77. The number of nitrogens with zero attached hydrogens (tertiary/aromatic N) is 1. The first-order valence-corrected chi connectivity index (χ1v) is 13.2. The first-order valence-electron chi connectivity index (χ1n) is 11.3. The Hall–Kier alpha value is -4.01. The maximum Gasteiger partial charge on any atom is 0.264 e. The van der Waals surface area contributed by atoms with Crippen LogP contribution in [0.25, 0.3) is 16.8 Å². The van der Waals surface area contributed by atoms with Crippen LogP contribution in [-0.2, 0) is 14.8 Å². The summed E-state index contributed by atoms with van der Waals surface area (Å²) in [7, 11) is -3.72. The summed E-state index contributed by atoms with van der Waals surface area (Å²) in [5.74, 6) is -0.374. The monoisotopic (exact) mass is 515 g/mol. The van der Waals surface area contributed by atoms with Gasteiger partial charge in [0.05, 0.1) is 10.6 Å². The molecule has 4 aromatic rings. The van der Waals surface area contributed by atoms with Gasteiger partial charge in [0.1, 0.15) is 0 Å². The number of amides is 1. The molecule has 0 unspecified atom stereocenters. The lowest BCUT2D eigenvalue weighted by molar-refractivity contribution is -0.115. The molecule has 4 rings (SSSR count). The lowest BCUT2D eigenvalue weighted by atomic mass is 10.0. The van der Waals surface area contributed by atoms with E-state index in [1.807, 2.05) is 48.5 Å². The number of sulfonamides is 1. The normalized spacial score (nSPS) is 11.4.